The maximum absolute atomic E-state index is 5.51. The van der Waals surface area contributed by atoms with E-state index in [-0.39, 0.29) is 6.04 Å². The maximum atomic E-state index is 5.51. The van der Waals surface area contributed by atoms with Gasteiger partial charge >= 0.3 is 0 Å². The highest BCUT2D eigenvalue weighted by molar-refractivity contribution is 7.05. The molecular weight excluding hydrogens is 224 g/mol. The lowest BCUT2D eigenvalue weighted by Gasteiger charge is -2.11. The van der Waals surface area contributed by atoms with Crippen LogP contribution in [0.15, 0.2) is 18.6 Å². The molecule has 7 heteroatoms. The van der Waals surface area contributed by atoms with Gasteiger partial charge in [0.25, 0.3) is 0 Å². The molecule has 2 aromatic rings. The second-order valence-electron chi connectivity index (χ2n) is 3.60. The first-order valence-corrected chi connectivity index (χ1v) is 5.78. The van der Waals surface area contributed by atoms with Crippen molar-refractivity contribution in [1.29, 1.82) is 0 Å². The van der Waals surface area contributed by atoms with Crippen molar-refractivity contribution in [3.63, 3.8) is 0 Å². The van der Waals surface area contributed by atoms with Gasteiger partial charge < -0.3 is 0 Å². The first-order chi connectivity index (χ1) is 7.79. The lowest BCUT2D eigenvalue weighted by atomic mass is 10.1. The van der Waals surface area contributed by atoms with Crippen molar-refractivity contribution in [2.75, 3.05) is 0 Å². The summed E-state index contributed by atoms with van der Waals surface area (Å²) in [6.07, 6.45) is 7.47. The van der Waals surface area contributed by atoms with Crippen LogP contribution in [0.2, 0.25) is 0 Å². The normalized spacial score (nSPS) is 12.9. The van der Waals surface area contributed by atoms with Gasteiger partial charge in [0.2, 0.25) is 0 Å². The molecule has 0 fully saturated rings. The highest BCUT2D eigenvalue weighted by atomic mass is 32.1. The average Bonchev–Trinajstić information content (AvgIpc) is 2.91. The molecule has 0 amide bonds. The molecule has 2 rings (SSSR count). The molecule has 0 saturated carbocycles. The van der Waals surface area contributed by atoms with Gasteiger partial charge in [0.05, 0.1) is 23.3 Å². The molecular formula is C9H14N6S. The molecule has 0 aliphatic carbocycles. The molecule has 0 aliphatic heterocycles. The second-order valence-corrected chi connectivity index (χ2v) is 4.42. The summed E-state index contributed by atoms with van der Waals surface area (Å²) in [7, 11) is 1.91. The number of hydrazine groups is 1. The van der Waals surface area contributed by atoms with Crippen LogP contribution < -0.4 is 11.3 Å². The molecule has 0 bridgehead atoms. The first kappa shape index (κ1) is 11.2. The molecule has 3 N–H and O–H groups in total. The molecule has 0 radical (unpaired) electrons. The molecule has 16 heavy (non-hydrogen) atoms. The SMILES string of the molecule is Cn1cc(CCC(NN)c2cnns2)cn1. The third-order valence-electron chi connectivity index (χ3n) is 2.40. The van der Waals surface area contributed by atoms with Gasteiger partial charge in [-0.15, -0.1) is 5.10 Å². The zero-order chi connectivity index (χ0) is 11.4. The Balaban J connectivity index is 1.93. The van der Waals surface area contributed by atoms with Crippen molar-refractivity contribution < 1.29 is 0 Å². The molecule has 6 nitrogen and oxygen atoms in total. The summed E-state index contributed by atoms with van der Waals surface area (Å²) in [6.45, 7) is 0. The summed E-state index contributed by atoms with van der Waals surface area (Å²) in [5.41, 5.74) is 3.99. The van der Waals surface area contributed by atoms with Crippen LogP contribution in [-0.4, -0.2) is 19.4 Å². The fraction of sp³-hybridized carbons (Fsp3) is 0.444. The van der Waals surface area contributed by atoms with E-state index in [1.807, 2.05) is 19.4 Å². The van der Waals surface area contributed by atoms with Gasteiger partial charge in [-0.1, -0.05) is 4.49 Å². The topological polar surface area (TPSA) is 81.7 Å². The van der Waals surface area contributed by atoms with E-state index < -0.39 is 0 Å². The minimum Gasteiger partial charge on any atom is -0.276 e. The second kappa shape index (κ2) is 5.15. The van der Waals surface area contributed by atoms with Crippen LogP contribution in [0.4, 0.5) is 0 Å². The van der Waals surface area contributed by atoms with Crippen LogP contribution >= 0.6 is 11.5 Å². The van der Waals surface area contributed by atoms with Crippen molar-refractivity contribution >= 4 is 11.5 Å². The number of nitrogens with one attached hydrogen (secondary N) is 1. The van der Waals surface area contributed by atoms with Crippen LogP contribution in [0.1, 0.15) is 22.9 Å². The summed E-state index contributed by atoms with van der Waals surface area (Å²) < 4.78 is 5.63. The van der Waals surface area contributed by atoms with Crippen LogP contribution in [-0.2, 0) is 13.5 Å². The number of rotatable bonds is 5. The van der Waals surface area contributed by atoms with E-state index in [0.717, 1.165) is 17.7 Å². The van der Waals surface area contributed by atoms with Crippen LogP contribution in [0.25, 0.3) is 0 Å². The Morgan fingerprint density at radius 1 is 1.56 bits per heavy atom. The maximum Gasteiger partial charge on any atom is 0.0669 e. The Morgan fingerprint density at radius 2 is 2.44 bits per heavy atom. The predicted molar refractivity (Wildman–Crippen MR) is 61.5 cm³/mol. The first-order valence-electron chi connectivity index (χ1n) is 5.00. The number of hydrogen-bond acceptors (Lipinski definition) is 6. The standard InChI is InChI=1S/C9H14N6S/c1-15-6-7(4-12-15)2-3-8(13-10)9-5-11-14-16-9/h4-6,8,13H,2-3,10H2,1H3. The van der Waals surface area contributed by atoms with Crippen molar-refractivity contribution in [3.05, 3.63) is 29.0 Å². The van der Waals surface area contributed by atoms with E-state index in [2.05, 4.69) is 20.1 Å². The molecule has 2 aromatic heterocycles. The van der Waals surface area contributed by atoms with Crippen LogP contribution in [0.3, 0.4) is 0 Å². The summed E-state index contributed by atoms with van der Waals surface area (Å²) in [4.78, 5) is 1.06. The lowest BCUT2D eigenvalue weighted by molar-refractivity contribution is 0.523. The fourth-order valence-corrected chi connectivity index (χ4v) is 2.14. The third-order valence-corrected chi connectivity index (χ3v) is 3.18. The largest absolute Gasteiger partial charge is 0.276 e. The van der Waals surface area contributed by atoms with E-state index in [9.17, 15) is 0 Å². The third kappa shape index (κ3) is 2.63. The molecule has 1 atom stereocenters. The van der Waals surface area contributed by atoms with Crippen LogP contribution in [0.5, 0.6) is 0 Å². The lowest BCUT2D eigenvalue weighted by Crippen LogP contribution is -2.27. The molecule has 2 heterocycles. The molecule has 0 spiro atoms. The zero-order valence-electron chi connectivity index (χ0n) is 9.00. The summed E-state index contributed by atoms with van der Waals surface area (Å²) in [5.74, 6) is 5.51. The van der Waals surface area contributed by atoms with Crippen molar-refractivity contribution in [3.8, 4) is 0 Å². The number of hydrogen-bond donors (Lipinski definition) is 2. The number of nitrogens with two attached hydrogens (primary N) is 1. The van der Waals surface area contributed by atoms with Crippen molar-refractivity contribution in [2.45, 2.75) is 18.9 Å². The Bertz CT molecular complexity index is 423. The highest BCUT2D eigenvalue weighted by Crippen LogP contribution is 2.19. The summed E-state index contributed by atoms with van der Waals surface area (Å²) in [6, 6.07) is 0.111. The van der Waals surface area contributed by atoms with Gasteiger partial charge in [-0.2, -0.15) is 5.10 Å². The highest BCUT2D eigenvalue weighted by Gasteiger charge is 2.12. The van der Waals surface area contributed by atoms with Gasteiger partial charge in [0.1, 0.15) is 0 Å². The van der Waals surface area contributed by atoms with Crippen LogP contribution in [0, 0.1) is 0 Å². The van der Waals surface area contributed by atoms with E-state index in [1.165, 1.54) is 17.1 Å². The van der Waals surface area contributed by atoms with Gasteiger partial charge in [0, 0.05) is 13.2 Å². The monoisotopic (exact) mass is 238 g/mol. The number of aryl methyl sites for hydroxylation is 2. The smallest absolute Gasteiger partial charge is 0.0669 e. The predicted octanol–water partition coefficient (Wildman–Crippen LogP) is 0.409. The Kier molecular flexibility index (Phi) is 3.60. The minimum absolute atomic E-state index is 0.111. The van der Waals surface area contributed by atoms with Gasteiger partial charge in [-0.25, -0.2) is 0 Å². The Labute approximate surface area is 97.6 Å². The molecule has 0 saturated heterocycles. The number of aromatic nitrogens is 4. The Morgan fingerprint density at radius 3 is 3.00 bits per heavy atom. The average molecular weight is 238 g/mol. The van der Waals surface area contributed by atoms with E-state index in [4.69, 9.17) is 5.84 Å². The zero-order valence-corrected chi connectivity index (χ0v) is 9.81. The van der Waals surface area contributed by atoms with Gasteiger partial charge in [-0.3, -0.25) is 16.0 Å². The molecule has 86 valence electrons. The van der Waals surface area contributed by atoms with E-state index in [1.54, 1.807) is 10.9 Å². The van der Waals surface area contributed by atoms with Crippen molar-refractivity contribution in [1.82, 2.24) is 24.8 Å². The Hall–Kier alpha value is -1.31. The minimum atomic E-state index is 0.111. The van der Waals surface area contributed by atoms with E-state index >= 15 is 0 Å². The van der Waals surface area contributed by atoms with E-state index in [0.29, 0.717) is 0 Å². The fourth-order valence-electron chi connectivity index (χ4n) is 1.55. The molecule has 0 aliphatic rings. The quantitative estimate of drug-likeness (QED) is 0.582. The number of nitrogens with zero attached hydrogens (tertiary/aromatic N) is 4. The molecule has 0 aromatic carbocycles. The molecule has 1 unspecified atom stereocenters. The van der Waals surface area contributed by atoms with Crippen molar-refractivity contribution in [2.24, 2.45) is 12.9 Å². The van der Waals surface area contributed by atoms with Gasteiger partial charge in [0.15, 0.2) is 0 Å². The van der Waals surface area contributed by atoms with Gasteiger partial charge in [-0.05, 0) is 29.9 Å². The summed E-state index contributed by atoms with van der Waals surface area (Å²) >= 11 is 1.37. The summed E-state index contributed by atoms with van der Waals surface area (Å²) in [5, 5.41) is 7.93.